The molecule has 5 heteroatoms. The number of hydrogen-bond acceptors (Lipinski definition) is 4. The van der Waals surface area contributed by atoms with Gasteiger partial charge in [-0.1, -0.05) is 36.4 Å². The van der Waals surface area contributed by atoms with Gasteiger partial charge in [-0.05, 0) is 41.7 Å². The lowest BCUT2D eigenvalue weighted by Gasteiger charge is -2.12. The van der Waals surface area contributed by atoms with Crippen LogP contribution in [0, 0.1) is 0 Å². The second-order valence-corrected chi connectivity index (χ2v) is 8.05. The number of rotatable bonds is 6. The van der Waals surface area contributed by atoms with Crippen LogP contribution in [0.3, 0.4) is 0 Å². The van der Waals surface area contributed by atoms with Crippen LogP contribution in [0.2, 0.25) is 0 Å². The van der Waals surface area contributed by atoms with Gasteiger partial charge < -0.3 is 10.4 Å². The fraction of sp³-hybridized carbons (Fsp3) is 0.333. The molecule has 0 amide bonds. The molecule has 1 aliphatic carbocycles. The fourth-order valence-corrected chi connectivity index (χ4v) is 4.04. The van der Waals surface area contributed by atoms with Crippen LogP contribution in [0.1, 0.15) is 16.7 Å². The van der Waals surface area contributed by atoms with Gasteiger partial charge in [0.05, 0.1) is 17.3 Å². The summed E-state index contributed by atoms with van der Waals surface area (Å²) >= 11 is 0. The zero-order valence-corrected chi connectivity index (χ0v) is 13.7. The fourth-order valence-electron chi connectivity index (χ4n) is 3.02. The molecule has 2 N–H and O–H groups in total. The minimum atomic E-state index is -3.36. The Morgan fingerprint density at radius 2 is 1.61 bits per heavy atom. The maximum absolute atomic E-state index is 11.9. The van der Waals surface area contributed by atoms with E-state index in [0.717, 1.165) is 24.9 Å². The third kappa shape index (κ3) is 3.80. The van der Waals surface area contributed by atoms with Crippen LogP contribution in [0.15, 0.2) is 53.4 Å². The van der Waals surface area contributed by atoms with Crippen molar-refractivity contribution < 1.29 is 13.5 Å². The molecule has 1 aliphatic rings. The normalized spacial score (nSPS) is 14.8. The first kappa shape index (κ1) is 16.2. The van der Waals surface area contributed by atoms with E-state index in [4.69, 9.17) is 5.11 Å². The molecule has 3 rings (SSSR count). The minimum absolute atomic E-state index is 0.231. The molecule has 0 bridgehead atoms. The lowest BCUT2D eigenvalue weighted by atomic mass is 10.1. The van der Waals surface area contributed by atoms with Gasteiger partial charge in [-0.3, -0.25) is 0 Å². The highest BCUT2D eigenvalue weighted by Gasteiger charge is 2.20. The molecule has 0 aromatic heterocycles. The molecule has 0 aliphatic heterocycles. The Bertz CT molecular complexity index is 744. The molecule has 0 saturated carbocycles. The summed E-state index contributed by atoms with van der Waals surface area (Å²) in [5.74, 6) is -0.231. The Morgan fingerprint density at radius 1 is 1.00 bits per heavy atom. The number of fused-ring (bicyclic) bond motifs is 1. The van der Waals surface area contributed by atoms with Crippen molar-refractivity contribution in [2.75, 3.05) is 12.4 Å². The molecule has 0 spiro atoms. The predicted molar refractivity (Wildman–Crippen MR) is 90.1 cm³/mol. The van der Waals surface area contributed by atoms with Crippen molar-refractivity contribution >= 4 is 9.84 Å². The number of benzene rings is 2. The molecular weight excluding hydrogens is 310 g/mol. The van der Waals surface area contributed by atoms with Gasteiger partial charge >= 0.3 is 0 Å². The van der Waals surface area contributed by atoms with Crippen molar-refractivity contribution in [2.45, 2.75) is 30.3 Å². The van der Waals surface area contributed by atoms with Crippen LogP contribution < -0.4 is 5.32 Å². The van der Waals surface area contributed by atoms with Crippen LogP contribution in [0.25, 0.3) is 0 Å². The lowest BCUT2D eigenvalue weighted by Crippen LogP contribution is -2.28. The van der Waals surface area contributed by atoms with E-state index in [0.29, 0.717) is 6.04 Å². The van der Waals surface area contributed by atoms with E-state index in [1.165, 1.54) is 11.1 Å². The Kier molecular flexibility index (Phi) is 4.80. The van der Waals surface area contributed by atoms with Gasteiger partial charge in [-0.2, -0.15) is 0 Å². The van der Waals surface area contributed by atoms with Crippen molar-refractivity contribution in [1.82, 2.24) is 5.32 Å². The van der Waals surface area contributed by atoms with Gasteiger partial charge in [-0.15, -0.1) is 0 Å². The first-order valence-corrected chi connectivity index (χ1v) is 9.46. The SMILES string of the molecule is O=S(=O)(CCO)c1ccc(CNC2Cc3ccccc3C2)cc1. The van der Waals surface area contributed by atoms with E-state index >= 15 is 0 Å². The predicted octanol–water partition coefficient (Wildman–Crippen LogP) is 1.71. The smallest absolute Gasteiger partial charge is 0.180 e. The van der Waals surface area contributed by atoms with E-state index in [1.807, 2.05) is 12.1 Å². The molecule has 2 aromatic carbocycles. The van der Waals surface area contributed by atoms with Crippen molar-refractivity contribution in [1.29, 1.82) is 0 Å². The summed E-state index contributed by atoms with van der Waals surface area (Å²) in [5, 5.41) is 12.3. The summed E-state index contributed by atoms with van der Waals surface area (Å²) in [6.07, 6.45) is 2.08. The standard InChI is InChI=1S/C18H21NO3S/c20-9-10-23(21,22)18-7-5-14(6-8-18)13-19-17-11-15-3-1-2-4-16(15)12-17/h1-8,17,19-20H,9-13H2. The van der Waals surface area contributed by atoms with E-state index < -0.39 is 9.84 Å². The summed E-state index contributed by atoms with van der Waals surface area (Å²) < 4.78 is 23.7. The highest BCUT2D eigenvalue weighted by atomic mass is 32.2. The van der Waals surface area contributed by atoms with Crippen LogP contribution in [-0.2, 0) is 29.2 Å². The maximum atomic E-state index is 11.9. The molecule has 23 heavy (non-hydrogen) atoms. The van der Waals surface area contributed by atoms with Crippen LogP contribution >= 0.6 is 0 Å². The first-order valence-electron chi connectivity index (χ1n) is 7.81. The number of hydrogen-bond donors (Lipinski definition) is 2. The second kappa shape index (κ2) is 6.83. The molecule has 4 nitrogen and oxygen atoms in total. The van der Waals surface area contributed by atoms with Crippen LogP contribution in [-0.4, -0.2) is 31.9 Å². The quantitative estimate of drug-likeness (QED) is 0.846. The lowest BCUT2D eigenvalue weighted by molar-refractivity contribution is 0.319. The number of nitrogens with one attached hydrogen (secondary N) is 1. The number of sulfone groups is 1. The average molecular weight is 331 g/mol. The van der Waals surface area contributed by atoms with Crippen molar-refractivity contribution in [3.63, 3.8) is 0 Å². The van der Waals surface area contributed by atoms with Gasteiger partial charge in [0.15, 0.2) is 9.84 Å². The third-order valence-corrected chi connectivity index (χ3v) is 6.00. The van der Waals surface area contributed by atoms with E-state index in [1.54, 1.807) is 12.1 Å². The van der Waals surface area contributed by atoms with Crippen LogP contribution in [0.5, 0.6) is 0 Å². The summed E-state index contributed by atoms with van der Waals surface area (Å²) in [7, 11) is -3.36. The van der Waals surface area contributed by atoms with Crippen molar-refractivity contribution in [2.24, 2.45) is 0 Å². The van der Waals surface area contributed by atoms with Crippen molar-refractivity contribution in [3.05, 3.63) is 65.2 Å². The van der Waals surface area contributed by atoms with Gasteiger partial charge in [0.2, 0.25) is 0 Å². The van der Waals surface area contributed by atoms with E-state index in [9.17, 15) is 8.42 Å². The molecule has 0 atom stereocenters. The summed E-state index contributed by atoms with van der Waals surface area (Å²) in [5.41, 5.74) is 3.88. The highest BCUT2D eigenvalue weighted by Crippen LogP contribution is 2.22. The monoisotopic (exact) mass is 331 g/mol. The zero-order valence-electron chi connectivity index (χ0n) is 12.9. The Hall–Kier alpha value is -1.69. The number of aliphatic hydroxyl groups excluding tert-OH is 1. The van der Waals surface area contributed by atoms with Gasteiger partial charge in [0.25, 0.3) is 0 Å². The van der Waals surface area contributed by atoms with Crippen LogP contribution in [0.4, 0.5) is 0 Å². The topological polar surface area (TPSA) is 66.4 Å². The van der Waals surface area contributed by atoms with Gasteiger partial charge in [0, 0.05) is 12.6 Å². The second-order valence-electron chi connectivity index (χ2n) is 5.94. The minimum Gasteiger partial charge on any atom is -0.395 e. The molecule has 0 unspecified atom stereocenters. The van der Waals surface area contributed by atoms with E-state index in [2.05, 4.69) is 29.6 Å². The average Bonchev–Trinajstić information content (AvgIpc) is 2.96. The molecule has 0 heterocycles. The van der Waals surface area contributed by atoms with E-state index in [-0.39, 0.29) is 17.3 Å². The van der Waals surface area contributed by atoms with Gasteiger partial charge in [-0.25, -0.2) is 8.42 Å². The first-order chi connectivity index (χ1) is 11.1. The summed E-state index contributed by atoms with van der Waals surface area (Å²) in [6.45, 7) is 0.368. The molecule has 0 fully saturated rings. The summed E-state index contributed by atoms with van der Waals surface area (Å²) in [4.78, 5) is 0.267. The van der Waals surface area contributed by atoms with Gasteiger partial charge in [0.1, 0.15) is 0 Å². The zero-order chi connectivity index (χ0) is 16.3. The third-order valence-electron chi connectivity index (χ3n) is 4.29. The molecule has 0 saturated heterocycles. The summed E-state index contributed by atoms with van der Waals surface area (Å²) in [6, 6.07) is 15.8. The Morgan fingerprint density at radius 3 is 2.17 bits per heavy atom. The van der Waals surface area contributed by atoms with Crippen molar-refractivity contribution in [3.8, 4) is 0 Å². The molecule has 0 radical (unpaired) electrons. The maximum Gasteiger partial charge on any atom is 0.180 e. The number of aliphatic hydroxyl groups is 1. The largest absolute Gasteiger partial charge is 0.395 e. The molecule has 2 aromatic rings. The molecular formula is C18H21NO3S. The Balaban J connectivity index is 1.58. The highest BCUT2D eigenvalue weighted by molar-refractivity contribution is 7.91. The Labute approximate surface area is 137 Å². The molecule has 122 valence electrons.